The fourth-order valence-electron chi connectivity index (χ4n) is 4.49. The van der Waals surface area contributed by atoms with Gasteiger partial charge in [0.05, 0.1) is 0 Å². The van der Waals surface area contributed by atoms with Crippen LogP contribution in [0.1, 0.15) is 68.9 Å². The summed E-state index contributed by atoms with van der Waals surface area (Å²) in [6.07, 6.45) is 4.71. The van der Waals surface area contributed by atoms with E-state index in [1.165, 1.54) is 22.3 Å². The molecule has 7 heteroatoms. The number of benzene rings is 2. The van der Waals surface area contributed by atoms with Crippen molar-refractivity contribution >= 4 is 18.0 Å². The monoisotopic (exact) mass is 480 g/mol. The molecule has 7 nitrogen and oxygen atoms in total. The molecule has 1 unspecified atom stereocenters. The van der Waals surface area contributed by atoms with Crippen LogP contribution in [0, 0.1) is 5.92 Å². The smallest absolute Gasteiger partial charge is 0.407 e. The summed E-state index contributed by atoms with van der Waals surface area (Å²) in [7, 11) is 0. The SMILES string of the molecule is CC(CCNC(=O)OCC1c2ccccc2-c2ccccc21)C(=O)NCCCCCCCC(=O)O. The average Bonchev–Trinajstić information content (AvgIpc) is 3.17. The van der Waals surface area contributed by atoms with Crippen molar-refractivity contribution in [3.05, 3.63) is 59.7 Å². The number of carboxylic acid groups (broad SMARTS) is 1. The van der Waals surface area contributed by atoms with Crippen molar-refractivity contribution in [2.75, 3.05) is 19.7 Å². The summed E-state index contributed by atoms with van der Waals surface area (Å²) in [5, 5.41) is 14.3. The minimum absolute atomic E-state index is 0.0229. The van der Waals surface area contributed by atoms with Gasteiger partial charge in [-0.3, -0.25) is 9.59 Å². The summed E-state index contributed by atoms with van der Waals surface area (Å²) < 4.78 is 5.53. The summed E-state index contributed by atoms with van der Waals surface area (Å²) in [5.74, 6) is -0.959. The molecule has 0 radical (unpaired) electrons. The van der Waals surface area contributed by atoms with Gasteiger partial charge in [-0.1, -0.05) is 74.7 Å². The number of fused-ring (bicyclic) bond motifs is 3. The van der Waals surface area contributed by atoms with E-state index in [9.17, 15) is 14.4 Å². The Balaban J connectivity index is 1.29. The number of amides is 2. The minimum atomic E-state index is -0.751. The molecule has 0 saturated heterocycles. The topological polar surface area (TPSA) is 105 Å². The Hall–Kier alpha value is -3.35. The zero-order chi connectivity index (χ0) is 25.0. The molecule has 1 atom stereocenters. The largest absolute Gasteiger partial charge is 0.481 e. The molecule has 2 aromatic carbocycles. The van der Waals surface area contributed by atoms with E-state index in [1.807, 2.05) is 31.2 Å². The lowest BCUT2D eigenvalue weighted by Gasteiger charge is -2.15. The predicted molar refractivity (Wildman–Crippen MR) is 135 cm³/mol. The normalized spacial score (nSPS) is 12.9. The summed E-state index contributed by atoms with van der Waals surface area (Å²) >= 11 is 0. The van der Waals surface area contributed by atoms with Gasteiger partial charge in [0.25, 0.3) is 0 Å². The first-order valence-corrected chi connectivity index (χ1v) is 12.6. The summed E-state index contributed by atoms with van der Waals surface area (Å²) in [5.41, 5.74) is 4.73. The first kappa shape index (κ1) is 26.3. The highest BCUT2D eigenvalue weighted by Gasteiger charge is 2.29. The van der Waals surface area contributed by atoms with Gasteiger partial charge in [0.1, 0.15) is 6.61 Å². The van der Waals surface area contributed by atoms with Gasteiger partial charge < -0.3 is 20.5 Å². The number of unbranched alkanes of at least 4 members (excludes halogenated alkanes) is 4. The first-order valence-electron chi connectivity index (χ1n) is 12.6. The Kier molecular flexibility index (Phi) is 10.1. The van der Waals surface area contributed by atoms with Crippen LogP contribution in [-0.4, -0.2) is 42.8 Å². The van der Waals surface area contributed by atoms with Crippen LogP contribution < -0.4 is 10.6 Å². The summed E-state index contributed by atoms with van der Waals surface area (Å²) in [6, 6.07) is 16.4. The molecule has 3 rings (SSSR count). The Labute approximate surface area is 207 Å². The number of carbonyl (C=O) groups excluding carboxylic acids is 2. The van der Waals surface area contributed by atoms with Crippen LogP contribution in [0.25, 0.3) is 11.1 Å². The van der Waals surface area contributed by atoms with Crippen molar-refractivity contribution in [3.63, 3.8) is 0 Å². The number of hydrogen-bond acceptors (Lipinski definition) is 4. The highest BCUT2D eigenvalue weighted by Crippen LogP contribution is 2.44. The molecule has 35 heavy (non-hydrogen) atoms. The highest BCUT2D eigenvalue weighted by molar-refractivity contribution is 5.79. The predicted octanol–water partition coefficient (Wildman–Crippen LogP) is 5.09. The number of hydrogen-bond donors (Lipinski definition) is 3. The van der Waals surface area contributed by atoms with Gasteiger partial charge >= 0.3 is 12.1 Å². The molecule has 0 saturated carbocycles. The zero-order valence-electron chi connectivity index (χ0n) is 20.4. The van der Waals surface area contributed by atoms with Crippen molar-refractivity contribution in [2.24, 2.45) is 5.92 Å². The van der Waals surface area contributed by atoms with Gasteiger partial charge in [-0.2, -0.15) is 0 Å². The van der Waals surface area contributed by atoms with E-state index >= 15 is 0 Å². The second kappa shape index (κ2) is 13.5. The minimum Gasteiger partial charge on any atom is -0.481 e. The molecular weight excluding hydrogens is 444 g/mol. The lowest BCUT2D eigenvalue weighted by Crippen LogP contribution is -2.33. The van der Waals surface area contributed by atoms with Gasteiger partial charge in [0.2, 0.25) is 5.91 Å². The standard InChI is InChI=1S/C28H36N2O5/c1-20(27(33)29-17-10-4-2-3-5-15-26(31)32)16-18-30-28(34)35-19-25-23-13-8-6-11-21(23)22-12-7-9-14-24(22)25/h6-9,11-14,20,25H,2-5,10,15-19H2,1H3,(H,29,33)(H,30,34)(H,31,32). The average molecular weight is 481 g/mol. The van der Waals surface area contributed by atoms with Crippen molar-refractivity contribution in [3.8, 4) is 11.1 Å². The van der Waals surface area contributed by atoms with Gasteiger partial charge in [0, 0.05) is 31.3 Å². The lowest BCUT2D eigenvalue weighted by molar-refractivity contribution is -0.137. The van der Waals surface area contributed by atoms with Gasteiger partial charge in [0.15, 0.2) is 0 Å². The number of carbonyl (C=O) groups is 3. The molecule has 0 aromatic heterocycles. The molecule has 0 fully saturated rings. The summed E-state index contributed by atoms with van der Waals surface area (Å²) in [4.78, 5) is 35.0. The molecule has 2 aromatic rings. The van der Waals surface area contributed by atoms with Crippen molar-refractivity contribution in [2.45, 2.75) is 57.8 Å². The van der Waals surface area contributed by atoms with Crippen LogP contribution in [-0.2, 0) is 14.3 Å². The Morgan fingerprint density at radius 3 is 2.11 bits per heavy atom. The third-order valence-electron chi connectivity index (χ3n) is 6.50. The number of aliphatic carboxylic acids is 1. The quantitative estimate of drug-likeness (QED) is 0.327. The van der Waals surface area contributed by atoms with Gasteiger partial charge in [-0.05, 0) is 41.5 Å². The van der Waals surface area contributed by atoms with E-state index < -0.39 is 12.1 Å². The van der Waals surface area contributed by atoms with Crippen molar-refractivity contribution in [1.82, 2.24) is 10.6 Å². The highest BCUT2D eigenvalue weighted by atomic mass is 16.5. The molecule has 0 aliphatic heterocycles. The fourth-order valence-corrected chi connectivity index (χ4v) is 4.49. The maximum absolute atomic E-state index is 12.3. The van der Waals surface area contributed by atoms with Gasteiger partial charge in [-0.15, -0.1) is 0 Å². The van der Waals surface area contributed by atoms with Crippen LogP contribution in [0.5, 0.6) is 0 Å². The zero-order valence-corrected chi connectivity index (χ0v) is 20.4. The Bertz CT molecular complexity index is 961. The van der Waals surface area contributed by atoms with E-state index in [0.717, 1.165) is 25.7 Å². The Morgan fingerprint density at radius 1 is 0.857 bits per heavy atom. The van der Waals surface area contributed by atoms with Crippen LogP contribution >= 0.6 is 0 Å². The second-order valence-corrected chi connectivity index (χ2v) is 9.14. The van der Waals surface area contributed by atoms with E-state index in [2.05, 4.69) is 34.9 Å². The van der Waals surface area contributed by atoms with E-state index in [0.29, 0.717) is 25.9 Å². The van der Waals surface area contributed by atoms with E-state index in [1.54, 1.807) is 0 Å². The first-order chi connectivity index (χ1) is 17.0. The third-order valence-corrected chi connectivity index (χ3v) is 6.50. The molecule has 1 aliphatic carbocycles. The van der Waals surface area contributed by atoms with Crippen molar-refractivity contribution in [1.29, 1.82) is 0 Å². The summed E-state index contributed by atoms with van der Waals surface area (Å²) in [6.45, 7) is 3.10. The van der Waals surface area contributed by atoms with E-state index in [4.69, 9.17) is 9.84 Å². The molecule has 1 aliphatic rings. The third kappa shape index (κ3) is 7.84. The molecule has 3 N–H and O–H groups in total. The van der Waals surface area contributed by atoms with Crippen LogP contribution in [0.15, 0.2) is 48.5 Å². The van der Waals surface area contributed by atoms with E-state index in [-0.39, 0.29) is 30.8 Å². The maximum atomic E-state index is 12.3. The fraction of sp³-hybridized carbons (Fsp3) is 0.464. The van der Waals surface area contributed by atoms with Gasteiger partial charge in [-0.25, -0.2) is 4.79 Å². The van der Waals surface area contributed by atoms with Crippen LogP contribution in [0.3, 0.4) is 0 Å². The maximum Gasteiger partial charge on any atom is 0.407 e. The number of alkyl carbamates (subject to hydrolysis) is 1. The Morgan fingerprint density at radius 2 is 1.46 bits per heavy atom. The number of carboxylic acids is 1. The van der Waals surface area contributed by atoms with Crippen molar-refractivity contribution < 1.29 is 24.2 Å². The molecule has 0 bridgehead atoms. The van der Waals surface area contributed by atoms with Crippen LogP contribution in [0.2, 0.25) is 0 Å². The molecule has 2 amide bonds. The number of ether oxygens (including phenoxy) is 1. The van der Waals surface area contributed by atoms with Crippen LogP contribution in [0.4, 0.5) is 4.79 Å². The lowest BCUT2D eigenvalue weighted by atomic mass is 9.98. The molecule has 0 heterocycles. The molecule has 188 valence electrons. The second-order valence-electron chi connectivity index (χ2n) is 9.14. The number of nitrogens with one attached hydrogen (secondary N) is 2. The number of rotatable bonds is 14. The molecule has 0 spiro atoms. The molecular formula is C28H36N2O5.